The number of anilines is 1. The number of aryl methyl sites for hydroxylation is 1. The highest BCUT2D eigenvalue weighted by molar-refractivity contribution is 5.91. The first kappa shape index (κ1) is 14.0. The summed E-state index contributed by atoms with van der Waals surface area (Å²) in [7, 11) is 0. The molecule has 4 heteroatoms. The van der Waals surface area contributed by atoms with Crippen LogP contribution in [0.5, 0.6) is 0 Å². The van der Waals surface area contributed by atoms with Gasteiger partial charge >= 0.3 is 0 Å². The normalized spacial score (nSPS) is 23.1. The molecule has 0 saturated carbocycles. The van der Waals surface area contributed by atoms with Crippen molar-refractivity contribution in [2.24, 2.45) is 5.92 Å². The minimum atomic E-state index is -0.0957. The lowest BCUT2D eigenvalue weighted by atomic mass is 9.97. The fraction of sp³-hybridized carbons (Fsp3) is 0.533. The number of piperidine rings is 1. The first-order valence-corrected chi connectivity index (χ1v) is 6.84. The molecular formula is C15H22N2O2. The molecule has 0 spiro atoms. The average molecular weight is 262 g/mol. The van der Waals surface area contributed by atoms with E-state index in [0.29, 0.717) is 5.92 Å². The zero-order chi connectivity index (χ0) is 13.7. The van der Waals surface area contributed by atoms with E-state index < -0.39 is 0 Å². The predicted molar refractivity (Wildman–Crippen MR) is 76.2 cm³/mol. The Morgan fingerprint density at radius 1 is 1.42 bits per heavy atom. The second kappa shape index (κ2) is 6.68. The number of benzene rings is 1. The molecule has 1 aromatic carbocycles. The minimum Gasteiger partial charge on any atom is -0.367 e. The summed E-state index contributed by atoms with van der Waals surface area (Å²) in [5.41, 5.74) is 1.99. The molecule has 2 unspecified atom stereocenters. The molecule has 4 nitrogen and oxygen atoms in total. The van der Waals surface area contributed by atoms with Gasteiger partial charge < -0.3 is 15.4 Å². The van der Waals surface area contributed by atoms with E-state index in [2.05, 4.69) is 17.6 Å². The van der Waals surface area contributed by atoms with Gasteiger partial charge in [-0.2, -0.15) is 0 Å². The molecule has 2 N–H and O–H groups in total. The number of amides is 1. The first-order chi connectivity index (χ1) is 9.15. The quantitative estimate of drug-likeness (QED) is 0.872. The molecule has 2 rings (SSSR count). The smallest absolute Gasteiger partial charge is 0.250 e. The van der Waals surface area contributed by atoms with Crippen molar-refractivity contribution in [2.75, 3.05) is 25.0 Å². The van der Waals surface area contributed by atoms with Crippen molar-refractivity contribution in [3.63, 3.8) is 0 Å². The summed E-state index contributed by atoms with van der Waals surface area (Å²) in [6.07, 6.45) is 1.24. The Hall–Kier alpha value is -1.39. The van der Waals surface area contributed by atoms with Crippen LogP contribution >= 0.6 is 0 Å². The minimum absolute atomic E-state index is 0.0957. The van der Waals surface area contributed by atoms with Crippen molar-refractivity contribution < 1.29 is 9.53 Å². The summed E-state index contributed by atoms with van der Waals surface area (Å²) in [4.78, 5) is 11.8. The predicted octanol–water partition coefficient (Wildman–Crippen LogP) is 1.95. The van der Waals surface area contributed by atoms with Crippen LogP contribution < -0.4 is 10.6 Å². The Morgan fingerprint density at radius 3 is 2.84 bits per heavy atom. The van der Waals surface area contributed by atoms with Crippen LogP contribution in [0.1, 0.15) is 18.9 Å². The SMILES string of the molecule is Cc1ccc(NC(=O)COC2CNCCC2C)cc1. The highest BCUT2D eigenvalue weighted by atomic mass is 16.5. The van der Waals surface area contributed by atoms with Crippen LogP contribution in [0.4, 0.5) is 5.69 Å². The van der Waals surface area contributed by atoms with Crippen LogP contribution in [0.2, 0.25) is 0 Å². The van der Waals surface area contributed by atoms with Gasteiger partial charge in [0.05, 0.1) is 6.10 Å². The number of carbonyl (C=O) groups excluding carboxylic acids is 1. The Labute approximate surface area is 114 Å². The average Bonchev–Trinajstić information content (AvgIpc) is 2.40. The number of nitrogens with one attached hydrogen (secondary N) is 2. The van der Waals surface area contributed by atoms with E-state index in [1.54, 1.807) is 0 Å². The van der Waals surface area contributed by atoms with E-state index in [0.717, 1.165) is 25.2 Å². The third-order valence-corrected chi connectivity index (χ3v) is 3.52. The van der Waals surface area contributed by atoms with Gasteiger partial charge in [0.2, 0.25) is 5.91 Å². The fourth-order valence-corrected chi connectivity index (χ4v) is 2.20. The molecule has 2 atom stereocenters. The van der Waals surface area contributed by atoms with Gasteiger partial charge in [-0.05, 0) is 37.9 Å². The topological polar surface area (TPSA) is 50.4 Å². The second-order valence-electron chi connectivity index (χ2n) is 5.23. The number of hydrogen-bond donors (Lipinski definition) is 2. The van der Waals surface area contributed by atoms with Crippen LogP contribution in [-0.4, -0.2) is 31.7 Å². The third-order valence-electron chi connectivity index (χ3n) is 3.52. The van der Waals surface area contributed by atoms with Crippen LogP contribution in [0.3, 0.4) is 0 Å². The second-order valence-corrected chi connectivity index (χ2v) is 5.23. The molecule has 104 valence electrons. The van der Waals surface area contributed by atoms with Gasteiger partial charge in [0, 0.05) is 12.2 Å². The zero-order valence-electron chi connectivity index (χ0n) is 11.6. The van der Waals surface area contributed by atoms with Crippen molar-refractivity contribution in [1.82, 2.24) is 5.32 Å². The molecule has 1 heterocycles. The first-order valence-electron chi connectivity index (χ1n) is 6.84. The number of hydrogen-bond acceptors (Lipinski definition) is 3. The molecule has 1 amide bonds. The lowest BCUT2D eigenvalue weighted by Crippen LogP contribution is -2.42. The van der Waals surface area contributed by atoms with E-state index in [1.165, 1.54) is 5.56 Å². The molecule has 1 saturated heterocycles. The molecule has 19 heavy (non-hydrogen) atoms. The Balaban J connectivity index is 1.76. The van der Waals surface area contributed by atoms with Crippen LogP contribution in [0, 0.1) is 12.8 Å². The monoisotopic (exact) mass is 262 g/mol. The molecule has 1 fully saturated rings. The summed E-state index contributed by atoms with van der Waals surface area (Å²) in [5.74, 6) is 0.412. The van der Waals surface area contributed by atoms with E-state index in [-0.39, 0.29) is 18.6 Å². The Bertz CT molecular complexity index is 417. The maximum absolute atomic E-state index is 11.8. The zero-order valence-corrected chi connectivity index (χ0v) is 11.6. The van der Waals surface area contributed by atoms with Gasteiger partial charge in [-0.3, -0.25) is 4.79 Å². The van der Waals surface area contributed by atoms with Gasteiger partial charge in [-0.25, -0.2) is 0 Å². The van der Waals surface area contributed by atoms with Crippen molar-refractivity contribution in [3.05, 3.63) is 29.8 Å². The van der Waals surface area contributed by atoms with Crippen molar-refractivity contribution >= 4 is 11.6 Å². The molecule has 0 aromatic heterocycles. The van der Waals surface area contributed by atoms with Gasteiger partial charge in [0.15, 0.2) is 0 Å². The van der Waals surface area contributed by atoms with Crippen LogP contribution in [0.15, 0.2) is 24.3 Å². The lowest BCUT2D eigenvalue weighted by molar-refractivity contribution is -0.124. The summed E-state index contributed by atoms with van der Waals surface area (Å²) >= 11 is 0. The summed E-state index contributed by atoms with van der Waals surface area (Å²) in [6.45, 7) is 6.18. The van der Waals surface area contributed by atoms with Crippen molar-refractivity contribution in [3.8, 4) is 0 Å². The molecule has 1 aliphatic heterocycles. The lowest BCUT2D eigenvalue weighted by Gasteiger charge is -2.29. The summed E-state index contributed by atoms with van der Waals surface area (Å²) in [6, 6.07) is 7.75. The van der Waals surface area contributed by atoms with E-state index in [9.17, 15) is 4.79 Å². The maximum atomic E-state index is 11.8. The summed E-state index contributed by atoms with van der Waals surface area (Å²) in [5, 5.41) is 6.13. The highest BCUT2D eigenvalue weighted by Gasteiger charge is 2.22. The van der Waals surface area contributed by atoms with E-state index >= 15 is 0 Å². The number of rotatable bonds is 4. The Kier molecular flexibility index (Phi) is 4.93. The van der Waals surface area contributed by atoms with Gasteiger partial charge in [-0.1, -0.05) is 24.6 Å². The molecular weight excluding hydrogens is 240 g/mol. The Morgan fingerprint density at radius 2 is 2.16 bits per heavy atom. The molecule has 0 bridgehead atoms. The third kappa shape index (κ3) is 4.33. The molecule has 0 radical (unpaired) electrons. The maximum Gasteiger partial charge on any atom is 0.250 e. The van der Waals surface area contributed by atoms with Crippen LogP contribution in [0.25, 0.3) is 0 Å². The van der Waals surface area contributed by atoms with Gasteiger partial charge in [0.1, 0.15) is 6.61 Å². The van der Waals surface area contributed by atoms with Gasteiger partial charge in [-0.15, -0.1) is 0 Å². The molecule has 1 aromatic rings. The van der Waals surface area contributed by atoms with Crippen molar-refractivity contribution in [2.45, 2.75) is 26.4 Å². The fourth-order valence-electron chi connectivity index (χ4n) is 2.20. The van der Waals surface area contributed by atoms with E-state index in [1.807, 2.05) is 31.2 Å². The molecule has 1 aliphatic rings. The number of carbonyl (C=O) groups is 1. The summed E-state index contributed by atoms with van der Waals surface area (Å²) < 4.78 is 5.68. The van der Waals surface area contributed by atoms with Crippen molar-refractivity contribution in [1.29, 1.82) is 0 Å². The van der Waals surface area contributed by atoms with Gasteiger partial charge in [0.25, 0.3) is 0 Å². The highest BCUT2D eigenvalue weighted by Crippen LogP contribution is 2.15. The molecule has 0 aliphatic carbocycles. The van der Waals surface area contributed by atoms with E-state index in [4.69, 9.17) is 4.74 Å². The largest absolute Gasteiger partial charge is 0.367 e. The number of ether oxygens (including phenoxy) is 1. The standard InChI is InChI=1S/C15H22N2O2/c1-11-3-5-13(6-4-11)17-15(18)10-19-14-9-16-8-7-12(14)2/h3-6,12,14,16H,7-10H2,1-2H3,(H,17,18). The van der Waals surface area contributed by atoms with Crippen LogP contribution in [-0.2, 0) is 9.53 Å².